The second kappa shape index (κ2) is 7.85. The van der Waals surface area contributed by atoms with E-state index in [2.05, 4.69) is 11.6 Å². The first kappa shape index (κ1) is 20.0. The van der Waals surface area contributed by atoms with Gasteiger partial charge in [-0.3, -0.25) is 9.59 Å². The highest BCUT2D eigenvalue weighted by Crippen LogP contribution is 2.33. The molecule has 2 aromatic rings. The molecule has 1 aliphatic carbocycles. The molecule has 0 unspecified atom stereocenters. The van der Waals surface area contributed by atoms with Gasteiger partial charge < -0.3 is 4.90 Å². The molecule has 1 aliphatic heterocycles. The number of carbonyl (C=O) groups excluding carboxylic acids is 2. The first-order valence-corrected chi connectivity index (χ1v) is 11.9. The molecule has 1 fully saturated rings. The van der Waals surface area contributed by atoms with Crippen LogP contribution in [0.4, 0.5) is 0 Å². The summed E-state index contributed by atoms with van der Waals surface area (Å²) in [6.45, 7) is 3.33. The molecule has 0 radical (unpaired) electrons. The Morgan fingerprint density at radius 2 is 1.69 bits per heavy atom. The number of hydrogen-bond donors (Lipinski definition) is 1. The third-order valence-corrected chi connectivity index (χ3v) is 7.75. The van der Waals surface area contributed by atoms with Crippen molar-refractivity contribution in [2.45, 2.75) is 26.3 Å². The van der Waals surface area contributed by atoms with Crippen LogP contribution in [0.25, 0.3) is 0 Å². The van der Waals surface area contributed by atoms with Crippen molar-refractivity contribution in [2.24, 2.45) is 5.92 Å². The monoisotopic (exact) mass is 430 g/mol. The van der Waals surface area contributed by atoms with E-state index in [9.17, 15) is 18.0 Å². The maximum Gasteiger partial charge on any atom is 0.247 e. The van der Waals surface area contributed by atoms with Gasteiger partial charge in [0.05, 0.1) is 0 Å². The zero-order valence-corrected chi connectivity index (χ0v) is 17.7. The number of carbonyl (C=O) groups is 2. The van der Waals surface area contributed by atoms with Crippen molar-refractivity contribution < 1.29 is 18.0 Å². The van der Waals surface area contributed by atoms with Gasteiger partial charge in [0, 0.05) is 35.6 Å². The molecule has 0 bridgehead atoms. The van der Waals surface area contributed by atoms with E-state index in [4.69, 9.17) is 0 Å². The molecule has 1 saturated heterocycles. The third-order valence-electron chi connectivity index (χ3n) is 5.44. The van der Waals surface area contributed by atoms with Crippen LogP contribution in [0.2, 0.25) is 0 Å². The number of thiophene rings is 1. The van der Waals surface area contributed by atoms with Crippen molar-refractivity contribution in [1.82, 2.24) is 9.62 Å². The minimum absolute atomic E-state index is 0.0132. The van der Waals surface area contributed by atoms with E-state index in [1.54, 1.807) is 23.1 Å². The standard InChI is InChI=1S/C21H22N2O4S2/c1-14-8-10-23(11-9-14)18-19(24)16-6-2-3-7-17(16)20(25)21(18)29(26,27)22-13-15-5-4-12-28-15/h2-7,12,14,22H,8-11,13H2,1H3. The van der Waals surface area contributed by atoms with Crippen molar-refractivity contribution in [3.8, 4) is 0 Å². The normalized spacial score (nSPS) is 18.3. The van der Waals surface area contributed by atoms with E-state index in [1.165, 1.54) is 17.4 Å². The minimum Gasteiger partial charge on any atom is -0.367 e. The molecule has 0 atom stereocenters. The molecule has 2 aliphatic rings. The molecule has 8 heteroatoms. The van der Waals surface area contributed by atoms with Crippen LogP contribution in [0.15, 0.2) is 52.4 Å². The number of allylic oxidation sites excluding steroid dienone is 2. The van der Waals surface area contributed by atoms with Gasteiger partial charge in [-0.15, -0.1) is 11.3 Å². The summed E-state index contributed by atoms with van der Waals surface area (Å²) in [6, 6.07) is 10.1. The smallest absolute Gasteiger partial charge is 0.247 e. The Morgan fingerprint density at radius 1 is 1.03 bits per heavy atom. The highest BCUT2D eigenvalue weighted by Gasteiger charge is 2.41. The molecule has 0 spiro atoms. The molecule has 2 heterocycles. The summed E-state index contributed by atoms with van der Waals surface area (Å²) >= 11 is 1.42. The van der Waals surface area contributed by atoms with Crippen LogP contribution in [0.5, 0.6) is 0 Å². The van der Waals surface area contributed by atoms with Gasteiger partial charge in [-0.1, -0.05) is 37.3 Å². The van der Waals surface area contributed by atoms with Crippen molar-refractivity contribution in [2.75, 3.05) is 13.1 Å². The van der Waals surface area contributed by atoms with Crippen LogP contribution in [0, 0.1) is 5.92 Å². The van der Waals surface area contributed by atoms with Gasteiger partial charge in [0.25, 0.3) is 0 Å². The molecule has 4 rings (SSSR count). The topological polar surface area (TPSA) is 83.6 Å². The maximum atomic E-state index is 13.3. The molecular weight excluding hydrogens is 408 g/mol. The van der Waals surface area contributed by atoms with E-state index in [-0.39, 0.29) is 23.4 Å². The Bertz CT molecular complexity index is 1080. The SMILES string of the molecule is CC1CCN(C2=C(S(=O)(=O)NCc3cccs3)C(=O)c3ccccc3C2=O)CC1. The van der Waals surface area contributed by atoms with E-state index in [1.807, 2.05) is 17.5 Å². The third kappa shape index (κ3) is 3.80. The molecule has 1 aromatic heterocycles. The van der Waals surface area contributed by atoms with Crippen molar-refractivity contribution >= 4 is 32.9 Å². The van der Waals surface area contributed by atoms with Crippen molar-refractivity contribution in [1.29, 1.82) is 0 Å². The molecule has 0 amide bonds. The molecule has 0 saturated carbocycles. The lowest BCUT2D eigenvalue weighted by molar-refractivity contribution is 0.0932. The Balaban J connectivity index is 1.79. The molecule has 152 valence electrons. The quantitative estimate of drug-likeness (QED) is 0.788. The van der Waals surface area contributed by atoms with Crippen LogP contribution in [0.1, 0.15) is 45.4 Å². The number of fused-ring (bicyclic) bond motifs is 1. The van der Waals surface area contributed by atoms with Crippen molar-refractivity contribution in [3.05, 3.63) is 68.4 Å². The van der Waals surface area contributed by atoms with Gasteiger partial charge in [0.2, 0.25) is 21.6 Å². The van der Waals surface area contributed by atoms with Crippen LogP contribution in [-0.2, 0) is 16.6 Å². The number of benzene rings is 1. The number of likely N-dealkylation sites (tertiary alicyclic amines) is 1. The zero-order valence-electron chi connectivity index (χ0n) is 16.1. The van der Waals surface area contributed by atoms with Crippen LogP contribution in [0.3, 0.4) is 0 Å². The lowest BCUT2D eigenvalue weighted by Crippen LogP contribution is -2.42. The van der Waals surface area contributed by atoms with Crippen LogP contribution < -0.4 is 4.72 Å². The number of ketones is 2. The number of hydrogen-bond acceptors (Lipinski definition) is 6. The largest absolute Gasteiger partial charge is 0.367 e. The summed E-state index contributed by atoms with van der Waals surface area (Å²) in [5.41, 5.74) is 0.422. The zero-order chi connectivity index (χ0) is 20.6. The molecule has 1 N–H and O–H groups in total. The predicted octanol–water partition coefficient (Wildman–Crippen LogP) is 3.19. The first-order chi connectivity index (χ1) is 13.9. The summed E-state index contributed by atoms with van der Waals surface area (Å²) in [7, 11) is -4.17. The first-order valence-electron chi connectivity index (χ1n) is 9.58. The lowest BCUT2D eigenvalue weighted by Gasteiger charge is -2.35. The minimum atomic E-state index is -4.17. The van der Waals surface area contributed by atoms with Gasteiger partial charge >= 0.3 is 0 Å². The average Bonchev–Trinajstić information content (AvgIpc) is 3.23. The second-order valence-electron chi connectivity index (χ2n) is 7.46. The fourth-order valence-electron chi connectivity index (χ4n) is 3.76. The van der Waals surface area contributed by atoms with Crippen LogP contribution >= 0.6 is 11.3 Å². The molecule has 29 heavy (non-hydrogen) atoms. The van der Waals surface area contributed by atoms with Gasteiger partial charge in [-0.25, -0.2) is 13.1 Å². The Morgan fingerprint density at radius 3 is 2.31 bits per heavy atom. The second-order valence-corrected chi connectivity index (χ2v) is 10.2. The number of sulfonamides is 1. The molecular formula is C21H22N2O4S2. The number of piperidine rings is 1. The average molecular weight is 431 g/mol. The number of Topliss-reactive ketones (excluding diaryl/α,β-unsaturated/α-hetero) is 2. The van der Waals surface area contributed by atoms with Crippen LogP contribution in [-0.4, -0.2) is 38.0 Å². The highest BCUT2D eigenvalue weighted by molar-refractivity contribution is 7.94. The number of rotatable bonds is 5. The number of nitrogens with one attached hydrogen (secondary N) is 1. The summed E-state index contributed by atoms with van der Waals surface area (Å²) in [6.07, 6.45) is 1.70. The van der Waals surface area contributed by atoms with Gasteiger partial charge in [-0.05, 0) is 30.2 Å². The van der Waals surface area contributed by atoms with Gasteiger partial charge in [0.15, 0.2) is 4.91 Å². The van der Waals surface area contributed by atoms with E-state index in [0.717, 1.165) is 17.7 Å². The summed E-state index contributed by atoms with van der Waals surface area (Å²) in [5.74, 6) is -0.510. The van der Waals surface area contributed by atoms with E-state index < -0.39 is 26.5 Å². The maximum absolute atomic E-state index is 13.3. The van der Waals surface area contributed by atoms with Crippen molar-refractivity contribution in [3.63, 3.8) is 0 Å². The predicted molar refractivity (Wildman–Crippen MR) is 112 cm³/mol. The number of nitrogens with zero attached hydrogens (tertiary/aromatic N) is 1. The Hall–Kier alpha value is -2.29. The summed E-state index contributed by atoms with van der Waals surface area (Å²) in [4.78, 5) is 28.7. The lowest BCUT2D eigenvalue weighted by atomic mass is 9.90. The highest BCUT2D eigenvalue weighted by atomic mass is 32.2. The molecule has 6 nitrogen and oxygen atoms in total. The fourth-order valence-corrected chi connectivity index (χ4v) is 5.82. The Kier molecular flexibility index (Phi) is 5.42. The Labute approximate surface area is 174 Å². The van der Waals surface area contributed by atoms with E-state index >= 15 is 0 Å². The van der Waals surface area contributed by atoms with Gasteiger partial charge in [0.1, 0.15) is 5.70 Å². The summed E-state index contributed by atoms with van der Waals surface area (Å²) in [5, 5.41) is 1.86. The van der Waals surface area contributed by atoms with E-state index in [0.29, 0.717) is 19.0 Å². The summed E-state index contributed by atoms with van der Waals surface area (Å²) < 4.78 is 28.9. The molecule has 1 aromatic carbocycles. The van der Waals surface area contributed by atoms with Gasteiger partial charge in [-0.2, -0.15) is 0 Å². The fraction of sp³-hybridized carbons (Fsp3) is 0.333.